The largest absolute Gasteiger partial charge is 0.508 e. The first-order valence-electron chi connectivity index (χ1n) is 6.39. The maximum Gasteiger partial charge on any atom is 0.271 e. The quantitative estimate of drug-likeness (QED) is 0.669. The third kappa shape index (κ3) is 3.60. The number of methoxy groups -OCH3 is 1. The molecular formula is C16H16N2O3. The summed E-state index contributed by atoms with van der Waals surface area (Å²) in [5.74, 6) is 0.332. The molecule has 2 N–H and O–H groups in total. The Balaban J connectivity index is 2.15. The zero-order chi connectivity index (χ0) is 15.2. The van der Waals surface area contributed by atoms with Gasteiger partial charge in [-0.2, -0.15) is 5.10 Å². The van der Waals surface area contributed by atoms with Crippen LogP contribution in [0.5, 0.6) is 11.5 Å². The third-order valence-electron chi connectivity index (χ3n) is 2.93. The van der Waals surface area contributed by atoms with Crippen LogP contribution in [0.15, 0.2) is 53.6 Å². The number of carbonyl (C=O) groups is 1. The Morgan fingerprint density at radius 1 is 1.19 bits per heavy atom. The predicted octanol–water partition coefficient (Wildman–Crippen LogP) is 2.55. The maximum absolute atomic E-state index is 11.9. The fourth-order valence-electron chi connectivity index (χ4n) is 1.85. The van der Waals surface area contributed by atoms with Crippen LogP contribution in [0.2, 0.25) is 0 Å². The number of ether oxygens (including phenoxy) is 1. The highest BCUT2D eigenvalue weighted by molar-refractivity contribution is 6.02. The van der Waals surface area contributed by atoms with E-state index in [0.717, 1.165) is 5.56 Å². The Labute approximate surface area is 122 Å². The number of hydrogen-bond acceptors (Lipinski definition) is 4. The number of hydrogen-bond donors (Lipinski definition) is 2. The van der Waals surface area contributed by atoms with Crippen molar-refractivity contribution < 1.29 is 14.6 Å². The number of benzene rings is 2. The van der Waals surface area contributed by atoms with Gasteiger partial charge in [0, 0.05) is 11.1 Å². The molecule has 5 nitrogen and oxygen atoms in total. The highest BCUT2D eigenvalue weighted by atomic mass is 16.5. The Morgan fingerprint density at radius 3 is 2.67 bits per heavy atom. The first-order valence-corrected chi connectivity index (χ1v) is 6.39. The van der Waals surface area contributed by atoms with E-state index in [2.05, 4.69) is 10.5 Å². The molecule has 2 aromatic rings. The molecule has 0 aliphatic carbocycles. The van der Waals surface area contributed by atoms with Crippen molar-refractivity contribution in [3.05, 3.63) is 59.7 Å². The van der Waals surface area contributed by atoms with Crippen LogP contribution in [0.4, 0.5) is 0 Å². The van der Waals surface area contributed by atoms with Crippen molar-refractivity contribution in [1.29, 1.82) is 0 Å². The van der Waals surface area contributed by atoms with Gasteiger partial charge in [0.25, 0.3) is 5.91 Å². The van der Waals surface area contributed by atoms with E-state index in [9.17, 15) is 9.90 Å². The molecular weight excluding hydrogens is 268 g/mol. The van der Waals surface area contributed by atoms with Crippen molar-refractivity contribution in [2.24, 2.45) is 5.10 Å². The standard InChI is InChI=1S/C16H16N2O3/c1-11(14-8-3-4-9-15(14)21-2)17-18-16(20)12-6-5-7-13(19)10-12/h3-10,19H,1-2H3,(H,18,20)/b17-11+. The lowest BCUT2D eigenvalue weighted by Crippen LogP contribution is -2.19. The SMILES string of the molecule is COc1ccccc1/C(C)=N/NC(=O)c1cccc(O)c1. The van der Waals surface area contributed by atoms with E-state index in [-0.39, 0.29) is 11.7 Å². The van der Waals surface area contributed by atoms with Gasteiger partial charge in [-0.15, -0.1) is 0 Å². The summed E-state index contributed by atoms with van der Waals surface area (Å²) in [6.45, 7) is 1.78. The number of phenols is 1. The number of aromatic hydroxyl groups is 1. The number of phenolic OH excluding ortho intramolecular Hbond substituents is 1. The van der Waals surface area contributed by atoms with Gasteiger partial charge in [0.1, 0.15) is 11.5 Å². The van der Waals surface area contributed by atoms with Gasteiger partial charge >= 0.3 is 0 Å². The zero-order valence-electron chi connectivity index (χ0n) is 11.8. The summed E-state index contributed by atoms with van der Waals surface area (Å²) in [4.78, 5) is 11.9. The van der Waals surface area contributed by atoms with Crippen LogP contribution >= 0.6 is 0 Å². The molecule has 0 spiro atoms. The van der Waals surface area contributed by atoms with Gasteiger partial charge in [0.05, 0.1) is 12.8 Å². The smallest absolute Gasteiger partial charge is 0.271 e. The Bertz CT molecular complexity index is 681. The van der Waals surface area contributed by atoms with Crippen LogP contribution in [-0.2, 0) is 0 Å². The van der Waals surface area contributed by atoms with Gasteiger partial charge in [-0.05, 0) is 37.3 Å². The molecule has 0 fully saturated rings. The second kappa shape index (κ2) is 6.56. The fraction of sp³-hybridized carbons (Fsp3) is 0.125. The number of rotatable bonds is 4. The number of para-hydroxylation sites is 1. The molecule has 5 heteroatoms. The van der Waals surface area contributed by atoms with Crippen molar-refractivity contribution in [2.75, 3.05) is 7.11 Å². The Kier molecular flexibility index (Phi) is 4.56. The molecule has 0 bridgehead atoms. The highest BCUT2D eigenvalue weighted by Gasteiger charge is 2.08. The molecule has 0 saturated carbocycles. The molecule has 0 unspecified atom stereocenters. The number of nitrogens with zero attached hydrogens (tertiary/aromatic N) is 1. The molecule has 0 aliphatic rings. The second-order valence-electron chi connectivity index (χ2n) is 4.39. The van der Waals surface area contributed by atoms with Gasteiger partial charge in [-0.3, -0.25) is 4.79 Å². The van der Waals surface area contributed by atoms with Crippen molar-refractivity contribution in [3.63, 3.8) is 0 Å². The molecule has 2 aromatic carbocycles. The fourth-order valence-corrected chi connectivity index (χ4v) is 1.85. The average molecular weight is 284 g/mol. The van der Waals surface area contributed by atoms with Gasteiger partial charge in [-0.25, -0.2) is 5.43 Å². The minimum absolute atomic E-state index is 0.0353. The topological polar surface area (TPSA) is 70.9 Å². The van der Waals surface area contributed by atoms with Crippen molar-refractivity contribution in [3.8, 4) is 11.5 Å². The van der Waals surface area contributed by atoms with E-state index in [4.69, 9.17) is 4.74 Å². The Hall–Kier alpha value is -2.82. The minimum Gasteiger partial charge on any atom is -0.508 e. The molecule has 0 aromatic heterocycles. The van der Waals surface area contributed by atoms with Gasteiger partial charge in [0.15, 0.2) is 0 Å². The van der Waals surface area contributed by atoms with Gasteiger partial charge < -0.3 is 9.84 Å². The van der Waals surface area contributed by atoms with Crippen molar-refractivity contribution in [2.45, 2.75) is 6.92 Å². The molecule has 21 heavy (non-hydrogen) atoms. The van der Waals surface area contributed by atoms with E-state index < -0.39 is 0 Å². The van der Waals surface area contributed by atoms with Crippen molar-refractivity contribution >= 4 is 11.6 Å². The molecule has 108 valence electrons. The average Bonchev–Trinajstić information content (AvgIpc) is 2.52. The van der Waals surface area contributed by atoms with E-state index >= 15 is 0 Å². The maximum atomic E-state index is 11.9. The summed E-state index contributed by atoms with van der Waals surface area (Å²) in [5.41, 5.74) is 4.23. The van der Waals surface area contributed by atoms with E-state index in [0.29, 0.717) is 17.0 Å². The summed E-state index contributed by atoms with van der Waals surface area (Å²) < 4.78 is 5.25. The third-order valence-corrected chi connectivity index (χ3v) is 2.93. The minimum atomic E-state index is -0.389. The van der Waals surface area contributed by atoms with E-state index in [1.54, 1.807) is 26.2 Å². The zero-order valence-corrected chi connectivity index (χ0v) is 11.8. The second-order valence-corrected chi connectivity index (χ2v) is 4.39. The number of carbonyl (C=O) groups excluding carboxylic acids is 1. The lowest BCUT2D eigenvalue weighted by atomic mass is 10.1. The van der Waals surface area contributed by atoms with E-state index in [1.807, 2.05) is 24.3 Å². The molecule has 0 aliphatic heterocycles. The molecule has 0 radical (unpaired) electrons. The normalized spacial score (nSPS) is 11.0. The molecule has 0 heterocycles. The summed E-state index contributed by atoms with van der Waals surface area (Å²) in [7, 11) is 1.58. The summed E-state index contributed by atoms with van der Waals surface area (Å²) in [6.07, 6.45) is 0. The summed E-state index contributed by atoms with van der Waals surface area (Å²) >= 11 is 0. The first kappa shape index (κ1) is 14.6. The van der Waals surface area contributed by atoms with Crippen LogP contribution in [0.3, 0.4) is 0 Å². The molecule has 0 saturated heterocycles. The summed E-state index contributed by atoms with van der Waals surface area (Å²) in [6, 6.07) is 13.5. The van der Waals surface area contributed by atoms with Gasteiger partial charge in [-0.1, -0.05) is 18.2 Å². The van der Waals surface area contributed by atoms with E-state index in [1.165, 1.54) is 12.1 Å². The number of nitrogens with one attached hydrogen (secondary N) is 1. The first-order chi connectivity index (χ1) is 10.1. The molecule has 0 atom stereocenters. The Morgan fingerprint density at radius 2 is 1.95 bits per heavy atom. The lowest BCUT2D eigenvalue weighted by molar-refractivity contribution is 0.0954. The van der Waals surface area contributed by atoms with Crippen LogP contribution < -0.4 is 10.2 Å². The van der Waals surface area contributed by atoms with Gasteiger partial charge in [0.2, 0.25) is 0 Å². The summed E-state index contributed by atoms with van der Waals surface area (Å²) in [5, 5.41) is 13.4. The monoisotopic (exact) mass is 284 g/mol. The molecule has 1 amide bonds. The van der Waals surface area contributed by atoms with Crippen molar-refractivity contribution in [1.82, 2.24) is 5.43 Å². The number of amides is 1. The molecule has 2 rings (SSSR count). The van der Waals surface area contributed by atoms with Crippen LogP contribution in [0, 0.1) is 0 Å². The number of hydrazone groups is 1. The predicted molar refractivity (Wildman–Crippen MR) is 80.8 cm³/mol. The van der Waals surface area contributed by atoms with Crippen LogP contribution in [-0.4, -0.2) is 23.8 Å². The lowest BCUT2D eigenvalue weighted by Gasteiger charge is -2.08. The van der Waals surface area contributed by atoms with Crippen LogP contribution in [0.25, 0.3) is 0 Å². The highest BCUT2D eigenvalue weighted by Crippen LogP contribution is 2.18. The van der Waals surface area contributed by atoms with Crippen LogP contribution in [0.1, 0.15) is 22.8 Å².